The number of amides is 1. The molecule has 188 valence electrons. The third-order valence-corrected chi connectivity index (χ3v) is 5.17. The van der Waals surface area contributed by atoms with Gasteiger partial charge in [0, 0.05) is 31.8 Å². The van der Waals surface area contributed by atoms with Crippen molar-refractivity contribution >= 4 is 33.5 Å². The number of alkyl halides is 3. The molecule has 0 aliphatic rings. The van der Waals surface area contributed by atoms with Crippen molar-refractivity contribution in [1.82, 2.24) is 10.3 Å². The van der Waals surface area contributed by atoms with Gasteiger partial charge in [-0.2, -0.15) is 13.2 Å². The first kappa shape index (κ1) is 27.7. The number of terminal acetylenes is 1. The molecule has 0 aliphatic heterocycles. The fourth-order valence-electron chi connectivity index (χ4n) is 3.08. The van der Waals surface area contributed by atoms with Crippen LogP contribution in [0.2, 0.25) is 0 Å². The van der Waals surface area contributed by atoms with Crippen molar-refractivity contribution in [2.45, 2.75) is 26.1 Å². The van der Waals surface area contributed by atoms with Crippen LogP contribution in [-0.4, -0.2) is 39.2 Å². The number of aromatic nitrogens is 1. The van der Waals surface area contributed by atoms with Crippen LogP contribution in [0.4, 0.5) is 29.1 Å². The molecule has 1 aromatic heterocycles. The Hall–Kier alpha value is -3.59. The molecular weight excluding hydrogens is 488 g/mol. The summed E-state index contributed by atoms with van der Waals surface area (Å²) in [6, 6.07) is 4.42. The minimum absolute atomic E-state index is 0.0466. The summed E-state index contributed by atoms with van der Waals surface area (Å²) in [6.07, 6.45) is 4.70. The van der Waals surface area contributed by atoms with Crippen LogP contribution in [0.3, 0.4) is 0 Å². The largest absolute Gasteiger partial charge is 0.433 e. The lowest BCUT2D eigenvalue weighted by atomic mass is 10.1. The first-order chi connectivity index (χ1) is 16.2. The number of pyridine rings is 1. The Morgan fingerprint density at radius 3 is 2.54 bits per heavy atom. The number of rotatable bonds is 9. The SMILES string of the molecule is C#Cc1cc(CNC(=O)/C=C/c2ccc(C(F)(F)F)nc2N(C)CCC)cc(F)c1NS(C)(=O)=O. The van der Waals surface area contributed by atoms with Crippen molar-refractivity contribution in [3.05, 3.63) is 58.5 Å². The van der Waals surface area contributed by atoms with Crippen molar-refractivity contribution in [2.75, 3.05) is 29.5 Å². The molecule has 2 aromatic rings. The topological polar surface area (TPSA) is 91.4 Å². The van der Waals surface area contributed by atoms with E-state index in [9.17, 15) is 30.8 Å². The number of sulfonamides is 1. The third-order valence-electron chi connectivity index (χ3n) is 4.59. The second-order valence-electron chi connectivity index (χ2n) is 7.60. The van der Waals surface area contributed by atoms with Gasteiger partial charge in [0.2, 0.25) is 15.9 Å². The van der Waals surface area contributed by atoms with Crippen molar-refractivity contribution in [3.8, 4) is 12.3 Å². The smallest absolute Gasteiger partial charge is 0.359 e. The molecule has 12 heteroatoms. The number of benzene rings is 1. The van der Waals surface area contributed by atoms with E-state index in [0.29, 0.717) is 18.5 Å². The van der Waals surface area contributed by atoms with E-state index in [-0.39, 0.29) is 29.2 Å². The van der Waals surface area contributed by atoms with Crippen LogP contribution in [-0.2, 0) is 27.5 Å². The Morgan fingerprint density at radius 2 is 1.97 bits per heavy atom. The van der Waals surface area contributed by atoms with Crippen LogP contribution < -0.4 is 14.9 Å². The predicted octanol–water partition coefficient (Wildman–Crippen LogP) is 3.77. The maximum atomic E-state index is 14.4. The molecule has 2 rings (SSSR count). The van der Waals surface area contributed by atoms with Crippen LogP contribution in [0, 0.1) is 18.2 Å². The Kier molecular flexibility index (Phi) is 8.87. The van der Waals surface area contributed by atoms with Gasteiger partial charge in [-0.05, 0) is 42.3 Å². The maximum absolute atomic E-state index is 14.4. The van der Waals surface area contributed by atoms with E-state index >= 15 is 0 Å². The highest BCUT2D eigenvalue weighted by Crippen LogP contribution is 2.31. The fourth-order valence-corrected chi connectivity index (χ4v) is 3.65. The van der Waals surface area contributed by atoms with Crippen molar-refractivity contribution < 1.29 is 30.8 Å². The molecule has 7 nitrogen and oxygen atoms in total. The number of nitrogens with zero attached hydrogens (tertiary/aromatic N) is 2. The van der Waals surface area contributed by atoms with Crippen LogP contribution in [0.1, 0.15) is 35.7 Å². The monoisotopic (exact) mass is 512 g/mol. The van der Waals surface area contributed by atoms with Crippen LogP contribution in [0.5, 0.6) is 0 Å². The molecule has 1 heterocycles. The Balaban J connectivity index is 2.20. The minimum Gasteiger partial charge on any atom is -0.359 e. The van der Waals surface area contributed by atoms with Crippen LogP contribution in [0.25, 0.3) is 6.08 Å². The van der Waals surface area contributed by atoms with E-state index in [0.717, 1.165) is 24.5 Å². The highest BCUT2D eigenvalue weighted by molar-refractivity contribution is 7.92. The Labute approximate surface area is 201 Å². The minimum atomic E-state index is -4.61. The fraction of sp³-hybridized carbons (Fsp3) is 0.304. The second-order valence-corrected chi connectivity index (χ2v) is 9.35. The highest BCUT2D eigenvalue weighted by atomic mass is 32.2. The highest BCUT2D eigenvalue weighted by Gasteiger charge is 2.33. The molecule has 0 spiro atoms. The van der Waals surface area contributed by atoms with Gasteiger partial charge in [-0.25, -0.2) is 17.8 Å². The van der Waals surface area contributed by atoms with E-state index in [1.165, 1.54) is 18.2 Å². The molecule has 0 aliphatic carbocycles. The number of anilines is 2. The summed E-state index contributed by atoms with van der Waals surface area (Å²) in [5.41, 5.74) is -0.882. The normalized spacial score (nSPS) is 11.8. The van der Waals surface area contributed by atoms with E-state index < -0.39 is 33.6 Å². The van der Waals surface area contributed by atoms with E-state index in [1.807, 2.05) is 11.6 Å². The molecule has 1 aromatic carbocycles. The van der Waals surface area contributed by atoms with E-state index in [4.69, 9.17) is 6.42 Å². The van der Waals surface area contributed by atoms with Gasteiger partial charge < -0.3 is 10.2 Å². The van der Waals surface area contributed by atoms with Gasteiger partial charge in [0.15, 0.2) is 0 Å². The zero-order chi connectivity index (χ0) is 26.4. The summed E-state index contributed by atoms with van der Waals surface area (Å²) in [6.45, 7) is 2.18. The molecule has 0 unspecified atom stereocenters. The molecular formula is C23H24F4N4O3S. The first-order valence-corrected chi connectivity index (χ1v) is 12.2. The van der Waals surface area contributed by atoms with Gasteiger partial charge >= 0.3 is 6.18 Å². The summed E-state index contributed by atoms with van der Waals surface area (Å²) >= 11 is 0. The summed E-state index contributed by atoms with van der Waals surface area (Å²) < 4.78 is 78.4. The lowest BCUT2D eigenvalue weighted by Crippen LogP contribution is -2.22. The Morgan fingerprint density at radius 1 is 1.29 bits per heavy atom. The van der Waals surface area contributed by atoms with E-state index in [2.05, 4.69) is 16.2 Å². The van der Waals surface area contributed by atoms with Crippen molar-refractivity contribution in [1.29, 1.82) is 0 Å². The van der Waals surface area contributed by atoms with Gasteiger partial charge in [-0.3, -0.25) is 9.52 Å². The molecule has 0 fully saturated rings. The standard InChI is InChI=1S/C23H24F4N4O3S/c1-5-11-31(3)22-17(7-9-19(29-22)23(25,26)27)8-10-20(32)28-14-15-12-16(6-2)21(18(24)13-15)30-35(4,33)34/h2,7-10,12-13,30H,5,11,14H2,1,3-4H3,(H,28,32)/b10-8+. The third kappa shape index (κ3) is 7.99. The second kappa shape index (κ2) is 11.2. The zero-order valence-electron chi connectivity index (χ0n) is 19.2. The number of nitrogens with one attached hydrogen (secondary N) is 2. The van der Waals surface area contributed by atoms with Gasteiger partial charge in [0.25, 0.3) is 0 Å². The molecule has 2 N–H and O–H groups in total. The van der Waals surface area contributed by atoms with E-state index in [1.54, 1.807) is 11.9 Å². The van der Waals surface area contributed by atoms with Crippen LogP contribution >= 0.6 is 0 Å². The van der Waals surface area contributed by atoms with Gasteiger partial charge in [-0.15, -0.1) is 6.42 Å². The number of halogens is 4. The number of carbonyl (C=O) groups is 1. The quantitative estimate of drug-likeness (QED) is 0.303. The lowest BCUT2D eigenvalue weighted by molar-refractivity contribution is -0.141. The van der Waals surface area contributed by atoms with Gasteiger partial charge in [-0.1, -0.05) is 12.8 Å². The molecule has 0 radical (unpaired) electrons. The molecule has 35 heavy (non-hydrogen) atoms. The molecule has 1 amide bonds. The summed E-state index contributed by atoms with van der Waals surface area (Å²) in [5.74, 6) is 0.747. The first-order valence-electron chi connectivity index (χ1n) is 10.3. The zero-order valence-corrected chi connectivity index (χ0v) is 20.0. The average Bonchev–Trinajstić information content (AvgIpc) is 2.76. The molecule has 0 bridgehead atoms. The Bertz CT molecular complexity index is 1270. The number of hydrogen-bond donors (Lipinski definition) is 2. The van der Waals surface area contributed by atoms with Crippen molar-refractivity contribution in [2.24, 2.45) is 0 Å². The average molecular weight is 513 g/mol. The van der Waals surface area contributed by atoms with Crippen LogP contribution in [0.15, 0.2) is 30.3 Å². The summed E-state index contributed by atoms with van der Waals surface area (Å²) in [4.78, 5) is 17.5. The predicted molar refractivity (Wildman–Crippen MR) is 126 cm³/mol. The maximum Gasteiger partial charge on any atom is 0.433 e. The lowest BCUT2D eigenvalue weighted by Gasteiger charge is -2.21. The van der Waals surface area contributed by atoms with Crippen molar-refractivity contribution in [3.63, 3.8) is 0 Å². The van der Waals surface area contributed by atoms with Gasteiger partial charge in [0.1, 0.15) is 17.3 Å². The molecule has 0 saturated carbocycles. The number of hydrogen-bond acceptors (Lipinski definition) is 5. The summed E-state index contributed by atoms with van der Waals surface area (Å²) in [5, 5.41) is 2.51. The summed E-state index contributed by atoms with van der Waals surface area (Å²) in [7, 11) is -2.16. The molecule has 0 atom stereocenters. The van der Waals surface area contributed by atoms with Gasteiger partial charge in [0.05, 0.1) is 17.5 Å². The number of carbonyl (C=O) groups excluding carboxylic acids is 1. The molecule has 0 saturated heterocycles.